The lowest BCUT2D eigenvalue weighted by atomic mass is 10.1. The zero-order valence-electron chi connectivity index (χ0n) is 9.77. The molecule has 7 nitrogen and oxygen atoms in total. The third kappa shape index (κ3) is 2.19. The van der Waals surface area contributed by atoms with Crippen LogP contribution in [0.2, 0.25) is 0 Å². The van der Waals surface area contributed by atoms with E-state index in [0.717, 1.165) is 25.9 Å². The molecule has 0 bridgehead atoms. The third-order valence-corrected chi connectivity index (χ3v) is 3.00. The van der Waals surface area contributed by atoms with E-state index in [1.807, 2.05) is 4.90 Å². The molecule has 0 atom stereocenters. The number of nitrogens with one attached hydrogen (secondary N) is 1. The second-order valence-electron chi connectivity index (χ2n) is 4.15. The first-order chi connectivity index (χ1) is 8.13. The van der Waals surface area contributed by atoms with Gasteiger partial charge >= 0.3 is 5.97 Å². The summed E-state index contributed by atoms with van der Waals surface area (Å²) in [4.78, 5) is 13.6. The highest BCUT2D eigenvalue weighted by atomic mass is 16.5. The van der Waals surface area contributed by atoms with E-state index in [4.69, 9.17) is 16.2 Å². The normalized spacial score (nSPS) is 17.2. The molecule has 1 aromatic rings. The van der Waals surface area contributed by atoms with E-state index in [9.17, 15) is 4.79 Å². The van der Waals surface area contributed by atoms with Crippen LogP contribution in [0.1, 0.15) is 23.2 Å². The third-order valence-electron chi connectivity index (χ3n) is 3.00. The van der Waals surface area contributed by atoms with Crippen molar-refractivity contribution in [2.75, 3.05) is 30.8 Å². The number of hydrogen-bond donors (Lipinski definition) is 3. The van der Waals surface area contributed by atoms with Gasteiger partial charge in [-0.2, -0.15) is 5.10 Å². The van der Waals surface area contributed by atoms with Crippen molar-refractivity contribution in [1.29, 1.82) is 0 Å². The number of anilines is 2. The van der Waals surface area contributed by atoms with E-state index in [1.165, 1.54) is 7.11 Å². The van der Waals surface area contributed by atoms with Crippen LogP contribution >= 0.6 is 0 Å². The van der Waals surface area contributed by atoms with Crippen LogP contribution in [-0.2, 0) is 4.74 Å². The van der Waals surface area contributed by atoms with Crippen LogP contribution in [0.3, 0.4) is 0 Å². The van der Waals surface area contributed by atoms with Gasteiger partial charge in [0.25, 0.3) is 0 Å². The van der Waals surface area contributed by atoms with Gasteiger partial charge in [0.05, 0.1) is 7.11 Å². The molecule has 5 N–H and O–H groups in total. The highest BCUT2D eigenvalue weighted by Gasteiger charge is 2.26. The number of rotatable bonds is 2. The predicted molar refractivity (Wildman–Crippen MR) is 63.8 cm³/mol. The number of carbonyl (C=O) groups excluding carboxylic acids is 1. The first kappa shape index (κ1) is 11.7. The van der Waals surface area contributed by atoms with E-state index < -0.39 is 5.97 Å². The maximum atomic E-state index is 11.6. The van der Waals surface area contributed by atoms with Gasteiger partial charge in [-0.15, -0.1) is 0 Å². The van der Waals surface area contributed by atoms with E-state index in [1.54, 1.807) is 0 Å². The maximum absolute atomic E-state index is 11.6. The number of methoxy groups -OCH3 is 1. The first-order valence-corrected chi connectivity index (χ1v) is 5.56. The Morgan fingerprint density at radius 2 is 2.18 bits per heavy atom. The summed E-state index contributed by atoms with van der Waals surface area (Å²) in [6.45, 7) is 1.55. The molecule has 2 heterocycles. The Morgan fingerprint density at radius 1 is 1.53 bits per heavy atom. The van der Waals surface area contributed by atoms with Crippen molar-refractivity contribution in [3.05, 3.63) is 5.56 Å². The Balaban J connectivity index is 2.23. The standard InChI is InChI=1S/C10H17N5O2/c1-17-10(16)7-8(12)13-14-9(7)15-4-2-6(11)3-5-15/h6H,2-5,11H2,1H3,(H3,12,13,14). The Kier molecular flexibility index (Phi) is 3.19. The summed E-state index contributed by atoms with van der Waals surface area (Å²) >= 11 is 0. The lowest BCUT2D eigenvalue weighted by Crippen LogP contribution is -2.40. The molecule has 0 aliphatic carbocycles. The summed E-state index contributed by atoms with van der Waals surface area (Å²) in [5, 5.41) is 6.68. The fraction of sp³-hybridized carbons (Fsp3) is 0.600. The predicted octanol–water partition coefficient (Wildman–Crippen LogP) is -0.294. The topological polar surface area (TPSA) is 110 Å². The van der Waals surface area contributed by atoms with Gasteiger partial charge in [-0.3, -0.25) is 5.10 Å². The van der Waals surface area contributed by atoms with Gasteiger partial charge in [-0.05, 0) is 12.8 Å². The highest BCUT2D eigenvalue weighted by Crippen LogP contribution is 2.25. The zero-order chi connectivity index (χ0) is 12.4. The average molecular weight is 239 g/mol. The number of nitrogens with zero attached hydrogens (tertiary/aromatic N) is 2. The first-order valence-electron chi connectivity index (χ1n) is 5.56. The van der Waals surface area contributed by atoms with Gasteiger partial charge in [-0.25, -0.2) is 4.79 Å². The van der Waals surface area contributed by atoms with Crippen LogP contribution in [0.4, 0.5) is 11.6 Å². The summed E-state index contributed by atoms with van der Waals surface area (Å²) in [5.74, 6) is 0.323. The average Bonchev–Trinajstić information content (AvgIpc) is 2.71. The molecule has 0 amide bonds. The molecule has 1 aliphatic rings. The van der Waals surface area contributed by atoms with Crippen LogP contribution < -0.4 is 16.4 Å². The van der Waals surface area contributed by atoms with Crippen LogP contribution in [0, 0.1) is 0 Å². The molecule has 0 spiro atoms. The minimum absolute atomic E-state index is 0.226. The van der Waals surface area contributed by atoms with Crippen molar-refractivity contribution in [3.63, 3.8) is 0 Å². The van der Waals surface area contributed by atoms with E-state index in [-0.39, 0.29) is 11.9 Å². The smallest absolute Gasteiger partial charge is 0.345 e. The van der Waals surface area contributed by atoms with Crippen LogP contribution in [-0.4, -0.2) is 42.4 Å². The van der Waals surface area contributed by atoms with Crippen molar-refractivity contribution >= 4 is 17.6 Å². The molecular weight excluding hydrogens is 222 g/mol. The number of piperidine rings is 1. The number of ether oxygens (including phenoxy) is 1. The minimum Gasteiger partial charge on any atom is -0.465 e. The molecule has 1 aromatic heterocycles. The van der Waals surface area contributed by atoms with Crippen molar-refractivity contribution in [3.8, 4) is 0 Å². The Bertz CT molecular complexity index is 409. The Hall–Kier alpha value is -1.76. The summed E-state index contributed by atoms with van der Waals surface area (Å²) in [6, 6.07) is 0.226. The van der Waals surface area contributed by atoms with E-state index >= 15 is 0 Å². The number of carbonyl (C=O) groups is 1. The number of nitrogens with two attached hydrogens (primary N) is 2. The van der Waals surface area contributed by atoms with E-state index in [0.29, 0.717) is 11.4 Å². The van der Waals surface area contributed by atoms with Gasteiger partial charge in [-0.1, -0.05) is 0 Å². The number of hydrogen-bond acceptors (Lipinski definition) is 6. The quantitative estimate of drug-likeness (QED) is 0.611. The Morgan fingerprint density at radius 3 is 2.76 bits per heavy atom. The van der Waals surface area contributed by atoms with Gasteiger partial charge in [0.2, 0.25) is 0 Å². The molecule has 0 radical (unpaired) electrons. The molecule has 1 saturated heterocycles. The molecule has 1 fully saturated rings. The van der Waals surface area contributed by atoms with Crippen molar-refractivity contribution in [2.24, 2.45) is 5.73 Å². The van der Waals surface area contributed by atoms with Crippen molar-refractivity contribution in [2.45, 2.75) is 18.9 Å². The fourth-order valence-electron chi connectivity index (χ4n) is 1.99. The number of aromatic nitrogens is 2. The zero-order valence-corrected chi connectivity index (χ0v) is 9.77. The lowest BCUT2D eigenvalue weighted by molar-refractivity contribution is 0.0602. The van der Waals surface area contributed by atoms with E-state index in [2.05, 4.69) is 10.2 Å². The van der Waals surface area contributed by atoms with Crippen LogP contribution in [0.15, 0.2) is 0 Å². The SMILES string of the molecule is COC(=O)c1c(N2CCC(N)CC2)n[nH]c1N. The number of aromatic amines is 1. The summed E-state index contributed by atoms with van der Waals surface area (Å²) in [7, 11) is 1.32. The monoisotopic (exact) mass is 239 g/mol. The Labute approximate surface area is 99.1 Å². The van der Waals surface area contributed by atoms with Crippen molar-refractivity contribution in [1.82, 2.24) is 10.2 Å². The molecule has 94 valence electrons. The summed E-state index contributed by atoms with van der Waals surface area (Å²) in [6.07, 6.45) is 1.76. The minimum atomic E-state index is -0.471. The largest absolute Gasteiger partial charge is 0.465 e. The van der Waals surface area contributed by atoms with Gasteiger partial charge < -0.3 is 21.1 Å². The second-order valence-corrected chi connectivity index (χ2v) is 4.15. The van der Waals surface area contributed by atoms with Crippen LogP contribution in [0.5, 0.6) is 0 Å². The second kappa shape index (κ2) is 4.62. The van der Waals surface area contributed by atoms with Gasteiger partial charge in [0, 0.05) is 19.1 Å². The maximum Gasteiger partial charge on any atom is 0.345 e. The van der Waals surface area contributed by atoms with Gasteiger partial charge in [0.1, 0.15) is 11.4 Å². The number of H-pyrrole nitrogens is 1. The molecule has 17 heavy (non-hydrogen) atoms. The van der Waals surface area contributed by atoms with Crippen molar-refractivity contribution < 1.29 is 9.53 Å². The molecule has 0 saturated carbocycles. The number of esters is 1. The molecule has 0 aromatic carbocycles. The lowest BCUT2D eigenvalue weighted by Gasteiger charge is -2.30. The molecule has 7 heteroatoms. The molecular formula is C10H17N5O2. The fourth-order valence-corrected chi connectivity index (χ4v) is 1.99. The van der Waals surface area contributed by atoms with Gasteiger partial charge in [0.15, 0.2) is 5.82 Å². The molecule has 1 aliphatic heterocycles. The molecule has 2 rings (SSSR count). The summed E-state index contributed by atoms with van der Waals surface area (Å²) < 4.78 is 4.70. The highest BCUT2D eigenvalue weighted by molar-refractivity contribution is 5.99. The molecule has 0 unspecified atom stereocenters. The summed E-state index contributed by atoms with van der Waals surface area (Å²) in [5.41, 5.74) is 11.8. The number of nitrogen functional groups attached to an aromatic ring is 1. The van der Waals surface area contributed by atoms with Crippen LogP contribution in [0.25, 0.3) is 0 Å².